The van der Waals surface area contributed by atoms with Crippen molar-refractivity contribution in [3.8, 4) is 0 Å². The highest BCUT2D eigenvalue weighted by Crippen LogP contribution is 2.39. The molecule has 0 spiro atoms. The number of aryl methyl sites for hydroxylation is 2. The highest BCUT2D eigenvalue weighted by Gasteiger charge is 2.10. The molecule has 0 aliphatic rings. The lowest BCUT2D eigenvalue weighted by Crippen LogP contribution is -1.78. The van der Waals surface area contributed by atoms with Crippen molar-refractivity contribution in [3.63, 3.8) is 0 Å². The van der Waals surface area contributed by atoms with Crippen molar-refractivity contribution in [2.75, 3.05) is 0 Å². The van der Waals surface area contributed by atoms with Crippen LogP contribution in [-0.2, 0) is 0 Å². The van der Waals surface area contributed by atoms with Crippen molar-refractivity contribution in [2.24, 2.45) is 0 Å². The first-order valence-corrected chi connectivity index (χ1v) is 9.09. The second-order valence-corrected chi connectivity index (χ2v) is 8.45. The zero-order valence-corrected chi connectivity index (χ0v) is 14.1. The normalized spacial score (nSPS) is 12.1. The second-order valence-electron chi connectivity index (χ2n) is 5.94. The van der Waals surface area contributed by atoms with E-state index < -0.39 is 0 Å². The Morgan fingerprint density at radius 2 is 0.955 bits per heavy atom. The van der Waals surface area contributed by atoms with E-state index in [1.165, 1.54) is 51.5 Å². The van der Waals surface area contributed by atoms with Gasteiger partial charge in [0.1, 0.15) is 0 Å². The Balaban J connectivity index is 2.03. The summed E-state index contributed by atoms with van der Waals surface area (Å²) in [7, 11) is 0. The van der Waals surface area contributed by atoms with Gasteiger partial charge in [0.25, 0.3) is 0 Å². The summed E-state index contributed by atoms with van der Waals surface area (Å²) in [5.41, 5.74) is 0. The molecule has 106 valence electrons. The van der Waals surface area contributed by atoms with Crippen molar-refractivity contribution in [1.82, 2.24) is 0 Å². The predicted octanol–water partition coefficient (Wildman–Crippen LogP) is 7.04. The van der Waals surface area contributed by atoms with Crippen LogP contribution in [0.25, 0.3) is 41.7 Å². The molecule has 3 aromatic carbocycles. The molecule has 0 saturated heterocycles. The van der Waals surface area contributed by atoms with Gasteiger partial charge < -0.3 is 0 Å². The van der Waals surface area contributed by atoms with Crippen molar-refractivity contribution < 1.29 is 0 Å². The fourth-order valence-corrected chi connectivity index (χ4v) is 5.56. The fourth-order valence-electron chi connectivity index (χ4n) is 3.47. The Bertz CT molecular complexity index is 1090. The van der Waals surface area contributed by atoms with Crippen LogP contribution in [0.5, 0.6) is 0 Å². The third-order valence-corrected chi connectivity index (χ3v) is 6.60. The highest BCUT2D eigenvalue weighted by molar-refractivity contribution is 7.20. The molecule has 0 atom stereocenters. The first-order chi connectivity index (χ1) is 10.7. The Labute approximate surface area is 136 Å². The first kappa shape index (κ1) is 12.6. The minimum atomic E-state index is 1.36. The molecular weight excluding hydrogens is 304 g/mol. The Hall–Kier alpha value is -1.90. The van der Waals surface area contributed by atoms with Crippen LogP contribution in [0, 0.1) is 13.8 Å². The summed E-state index contributed by atoms with van der Waals surface area (Å²) in [4.78, 5) is 2.76. The van der Waals surface area contributed by atoms with E-state index in [2.05, 4.69) is 62.4 Å². The quantitative estimate of drug-likeness (QED) is 0.269. The van der Waals surface area contributed by atoms with E-state index in [1.54, 1.807) is 0 Å². The van der Waals surface area contributed by atoms with E-state index in [0.717, 1.165) is 0 Å². The summed E-state index contributed by atoms with van der Waals surface area (Å²) < 4.78 is 2.83. The van der Waals surface area contributed by atoms with E-state index in [9.17, 15) is 0 Å². The summed E-state index contributed by atoms with van der Waals surface area (Å²) >= 11 is 3.80. The molecule has 0 unspecified atom stereocenters. The van der Waals surface area contributed by atoms with E-state index in [1.807, 2.05) is 22.7 Å². The fraction of sp³-hybridized carbons (Fsp3) is 0.100. The molecule has 0 aliphatic carbocycles. The molecule has 0 aliphatic heterocycles. The number of thiophene rings is 2. The van der Waals surface area contributed by atoms with Crippen molar-refractivity contribution in [2.45, 2.75) is 13.8 Å². The molecule has 22 heavy (non-hydrogen) atoms. The van der Waals surface area contributed by atoms with Crippen LogP contribution < -0.4 is 0 Å². The van der Waals surface area contributed by atoms with Gasteiger partial charge in [0.2, 0.25) is 0 Å². The topological polar surface area (TPSA) is 0 Å². The molecule has 0 saturated carbocycles. The largest absolute Gasteiger partial charge is 0.140 e. The standard InChI is InChI=1S/C20H14S2/c1-11-9-13-3-5-15-16-6-4-14-10-12(2)22-20(14)18(16)8-7-17(15)19(13)21-11/h3-10H,1-2H3. The molecular formula is C20H14S2. The minimum Gasteiger partial charge on any atom is -0.140 e. The summed E-state index contributed by atoms with van der Waals surface area (Å²) in [5, 5.41) is 8.25. The van der Waals surface area contributed by atoms with Crippen LogP contribution in [0.15, 0.2) is 48.5 Å². The summed E-state index contributed by atoms with van der Waals surface area (Å²) in [5.74, 6) is 0. The van der Waals surface area contributed by atoms with Crippen LogP contribution in [0.4, 0.5) is 0 Å². The third-order valence-electron chi connectivity index (χ3n) is 4.40. The maximum Gasteiger partial charge on any atom is 0.0424 e. The van der Waals surface area contributed by atoms with Gasteiger partial charge >= 0.3 is 0 Å². The maximum atomic E-state index is 2.31. The van der Waals surface area contributed by atoms with Gasteiger partial charge in [0.05, 0.1) is 0 Å². The lowest BCUT2D eigenvalue weighted by atomic mass is 10.00. The third kappa shape index (κ3) is 1.62. The van der Waals surface area contributed by atoms with Crippen molar-refractivity contribution in [1.29, 1.82) is 0 Å². The molecule has 5 rings (SSSR count). The zero-order valence-electron chi connectivity index (χ0n) is 12.4. The van der Waals surface area contributed by atoms with Gasteiger partial charge in [0.15, 0.2) is 0 Å². The number of rotatable bonds is 0. The minimum absolute atomic E-state index is 1.36. The van der Waals surface area contributed by atoms with Crippen LogP contribution >= 0.6 is 22.7 Å². The van der Waals surface area contributed by atoms with Gasteiger partial charge in [-0.2, -0.15) is 0 Å². The number of hydrogen-bond donors (Lipinski definition) is 0. The van der Waals surface area contributed by atoms with Gasteiger partial charge in [-0.3, -0.25) is 0 Å². The Morgan fingerprint density at radius 3 is 1.41 bits per heavy atom. The molecule has 0 nitrogen and oxygen atoms in total. The maximum absolute atomic E-state index is 2.31. The Morgan fingerprint density at radius 1 is 0.545 bits per heavy atom. The van der Waals surface area contributed by atoms with E-state index in [0.29, 0.717) is 0 Å². The molecule has 0 radical (unpaired) electrons. The summed E-state index contributed by atoms with van der Waals surface area (Å²) in [6.07, 6.45) is 0. The molecule has 0 fully saturated rings. The first-order valence-electron chi connectivity index (χ1n) is 7.45. The average Bonchev–Trinajstić information content (AvgIpc) is 3.07. The molecule has 2 heteroatoms. The average molecular weight is 318 g/mol. The van der Waals surface area contributed by atoms with Crippen LogP contribution in [0.3, 0.4) is 0 Å². The molecule has 5 aromatic rings. The molecule has 0 N–H and O–H groups in total. The van der Waals surface area contributed by atoms with Crippen molar-refractivity contribution >= 4 is 64.4 Å². The van der Waals surface area contributed by atoms with Gasteiger partial charge in [-0.1, -0.05) is 36.4 Å². The van der Waals surface area contributed by atoms with Crippen LogP contribution in [0.1, 0.15) is 9.75 Å². The van der Waals surface area contributed by atoms with Gasteiger partial charge in [-0.05, 0) is 47.5 Å². The summed E-state index contributed by atoms with van der Waals surface area (Å²) in [6.45, 7) is 4.38. The molecule has 2 aromatic heterocycles. The smallest absolute Gasteiger partial charge is 0.0424 e. The molecule has 0 bridgehead atoms. The highest BCUT2D eigenvalue weighted by atomic mass is 32.1. The predicted molar refractivity (Wildman–Crippen MR) is 102 cm³/mol. The molecule has 0 amide bonds. The summed E-state index contributed by atoms with van der Waals surface area (Å²) in [6, 6.07) is 18.3. The van der Waals surface area contributed by atoms with Crippen molar-refractivity contribution in [3.05, 3.63) is 58.3 Å². The lowest BCUT2D eigenvalue weighted by molar-refractivity contribution is 1.66. The van der Waals surface area contributed by atoms with E-state index >= 15 is 0 Å². The second kappa shape index (κ2) is 4.31. The molecule has 2 heterocycles. The number of hydrogen-bond acceptors (Lipinski definition) is 2. The van der Waals surface area contributed by atoms with E-state index in [4.69, 9.17) is 0 Å². The van der Waals surface area contributed by atoms with Gasteiger partial charge in [0, 0.05) is 29.9 Å². The SMILES string of the molecule is Cc1cc2ccc3c4ccc5cc(C)sc5c4ccc3c2s1. The Kier molecular flexibility index (Phi) is 2.47. The van der Waals surface area contributed by atoms with Gasteiger partial charge in [-0.15, -0.1) is 22.7 Å². The van der Waals surface area contributed by atoms with E-state index in [-0.39, 0.29) is 0 Å². The monoisotopic (exact) mass is 318 g/mol. The van der Waals surface area contributed by atoms with Crippen LogP contribution in [0.2, 0.25) is 0 Å². The lowest BCUT2D eigenvalue weighted by Gasteiger charge is -2.06. The number of benzene rings is 3. The van der Waals surface area contributed by atoms with Gasteiger partial charge in [-0.25, -0.2) is 0 Å². The van der Waals surface area contributed by atoms with Crippen LogP contribution in [-0.4, -0.2) is 0 Å². The zero-order chi connectivity index (χ0) is 14.8. The number of fused-ring (bicyclic) bond motifs is 7.